The lowest BCUT2D eigenvalue weighted by atomic mass is 10.2. The first-order valence-corrected chi connectivity index (χ1v) is 7.95. The van der Waals surface area contributed by atoms with E-state index in [4.69, 9.17) is 0 Å². The number of fused-ring (bicyclic) bond motifs is 1. The van der Waals surface area contributed by atoms with Crippen LogP contribution in [0, 0.1) is 6.92 Å². The predicted octanol–water partition coefficient (Wildman–Crippen LogP) is 0.789. The molecule has 1 aliphatic carbocycles. The third kappa shape index (κ3) is 2.45. The highest BCUT2D eigenvalue weighted by Crippen LogP contribution is 2.28. The van der Waals surface area contributed by atoms with Crippen molar-refractivity contribution in [3.8, 4) is 0 Å². The summed E-state index contributed by atoms with van der Waals surface area (Å²) >= 11 is 0. The van der Waals surface area contributed by atoms with Crippen molar-refractivity contribution < 1.29 is 4.79 Å². The van der Waals surface area contributed by atoms with Gasteiger partial charge in [0.15, 0.2) is 0 Å². The molecule has 4 rings (SSSR count). The van der Waals surface area contributed by atoms with E-state index in [1.807, 2.05) is 17.9 Å². The van der Waals surface area contributed by atoms with E-state index < -0.39 is 0 Å². The molecule has 2 aromatic rings. The molecule has 1 saturated heterocycles. The van der Waals surface area contributed by atoms with Gasteiger partial charge in [0.1, 0.15) is 0 Å². The normalized spacial score (nSPS) is 21.4. The van der Waals surface area contributed by atoms with Crippen LogP contribution in [-0.4, -0.2) is 55.6 Å². The molecule has 7 nitrogen and oxygen atoms in total. The number of amides is 1. The lowest BCUT2D eigenvalue weighted by molar-refractivity contribution is 0.0716. The van der Waals surface area contributed by atoms with Gasteiger partial charge in [0.2, 0.25) is 5.82 Å². The fourth-order valence-corrected chi connectivity index (χ4v) is 3.06. The van der Waals surface area contributed by atoms with Crippen LogP contribution >= 0.6 is 0 Å². The Hall–Kier alpha value is -2.02. The number of carbonyl (C=O) groups is 1. The predicted molar refractivity (Wildman–Crippen MR) is 80.6 cm³/mol. The smallest absolute Gasteiger partial charge is 0.293 e. The van der Waals surface area contributed by atoms with Crippen molar-refractivity contribution in [3.63, 3.8) is 0 Å². The lowest BCUT2D eigenvalue weighted by Gasteiger charge is -2.24. The van der Waals surface area contributed by atoms with E-state index in [2.05, 4.69) is 20.4 Å². The molecule has 2 aromatic heterocycles. The first-order chi connectivity index (χ1) is 10.7. The summed E-state index contributed by atoms with van der Waals surface area (Å²) in [5.74, 6) is 0.672. The van der Waals surface area contributed by atoms with Gasteiger partial charge < -0.3 is 10.2 Å². The molecule has 1 unspecified atom stereocenters. The summed E-state index contributed by atoms with van der Waals surface area (Å²) in [5, 5.41) is 7.81. The Labute approximate surface area is 128 Å². The lowest BCUT2D eigenvalue weighted by Crippen LogP contribution is -2.42. The molecule has 0 radical (unpaired) electrons. The van der Waals surface area contributed by atoms with Crippen molar-refractivity contribution in [3.05, 3.63) is 23.8 Å². The van der Waals surface area contributed by atoms with Crippen LogP contribution in [0.15, 0.2) is 12.3 Å². The second-order valence-corrected chi connectivity index (χ2v) is 6.22. The fourth-order valence-electron chi connectivity index (χ4n) is 3.06. The molecule has 1 atom stereocenters. The van der Waals surface area contributed by atoms with Gasteiger partial charge in [-0.05, 0) is 45.2 Å². The zero-order chi connectivity index (χ0) is 15.1. The first kappa shape index (κ1) is 13.6. The summed E-state index contributed by atoms with van der Waals surface area (Å²) < 4.78 is 1.63. The van der Waals surface area contributed by atoms with Gasteiger partial charge >= 0.3 is 0 Å². The van der Waals surface area contributed by atoms with E-state index in [9.17, 15) is 4.79 Å². The molecule has 2 aliphatic rings. The minimum absolute atomic E-state index is 0.0684. The van der Waals surface area contributed by atoms with Gasteiger partial charge in [-0.3, -0.25) is 4.79 Å². The molecular weight excluding hydrogens is 280 g/mol. The zero-order valence-corrected chi connectivity index (χ0v) is 12.7. The number of nitrogens with zero attached hydrogens (tertiary/aromatic N) is 5. The van der Waals surface area contributed by atoms with Crippen molar-refractivity contribution in [2.24, 2.45) is 0 Å². The van der Waals surface area contributed by atoms with Gasteiger partial charge in [-0.2, -0.15) is 4.98 Å². The monoisotopic (exact) mass is 300 g/mol. The maximum atomic E-state index is 12.8. The molecule has 1 aliphatic heterocycles. The van der Waals surface area contributed by atoms with Crippen LogP contribution in [0.1, 0.15) is 42.0 Å². The minimum Gasteiger partial charge on any atom is -0.331 e. The van der Waals surface area contributed by atoms with Gasteiger partial charge in [-0.15, -0.1) is 5.10 Å². The van der Waals surface area contributed by atoms with Crippen LogP contribution in [-0.2, 0) is 0 Å². The molecule has 0 bridgehead atoms. The van der Waals surface area contributed by atoms with Crippen LogP contribution in [0.25, 0.3) is 5.78 Å². The Balaban J connectivity index is 1.60. The maximum absolute atomic E-state index is 12.8. The van der Waals surface area contributed by atoms with Crippen molar-refractivity contribution in [2.75, 3.05) is 13.1 Å². The zero-order valence-electron chi connectivity index (χ0n) is 12.7. The summed E-state index contributed by atoms with van der Waals surface area (Å²) in [5.41, 5.74) is 0.923. The average Bonchev–Trinajstić information content (AvgIpc) is 3.05. The van der Waals surface area contributed by atoms with E-state index in [1.54, 1.807) is 10.7 Å². The molecule has 116 valence electrons. The van der Waals surface area contributed by atoms with Gasteiger partial charge in [-0.25, -0.2) is 9.50 Å². The highest BCUT2D eigenvalue weighted by Gasteiger charge is 2.36. The Kier molecular flexibility index (Phi) is 3.29. The van der Waals surface area contributed by atoms with Crippen LogP contribution in [0.4, 0.5) is 0 Å². The first-order valence-electron chi connectivity index (χ1n) is 7.95. The highest BCUT2D eigenvalue weighted by atomic mass is 16.2. The summed E-state index contributed by atoms with van der Waals surface area (Å²) in [6, 6.07) is 2.62. The van der Waals surface area contributed by atoms with E-state index in [-0.39, 0.29) is 11.7 Å². The molecule has 7 heteroatoms. The topological polar surface area (TPSA) is 75.4 Å². The molecule has 1 N–H and O–H groups in total. The molecule has 22 heavy (non-hydrogen) atoms. The van der Waals surface area contributed by atoms with Gasteiger partial charge in [0.05, 0.1) is 0 Å². The maximum Gasteiger partial charge on any atom is 0.293 e. The van der Waals surface area contributed by atoms with E-state index >= 15 is 0 Å². The Morgan fingerprint density at radius 1 is 1.45 bits per heavy atom. The van der Waals surface area contributed by atoms with Crippen LogP contribution < -0.4 is 5.32 Å². The SMILES string of the molecule is Cc1ccnc2nc(C(=O)N(CC3CCCN3)C3CC3)nn12. The van der Waals surface area contributed by atoms with Crippen molar-refractivity contribution in [1.82, 2.24) is 29.8 Å². The number of aromatic nitrogens is 4. The third-order valence-corrected chi connectivity index (χ3v) is 4.45. The number of carbonyl (C=O) groups excluding carboxylic acids is 1. The molecule has 1 saturated carbocycles. The number of nitrogens with one attached hydrogen (secondary N) is 1. The van der Waals surface area contributed by atoms with Gasteiger partial charge in [-0.1, -0.05) is 0 Å². The van der Waals surface area contributed by atoms with E-state index in [1.165, 1.54) is 6.42 Å². The largest absolute Gasteiger partial charge is 0.331 e. The Bertz CT molecular complexity index is 701. The summed E-state index contributed by atoms with van der Waals surface area (Å²) in [6.07, 6.45) is 6.18. The number of aryl methyl sites for hydroxylation is 1. The number of hydrogen-bond acceptors (Lipinski definition) is 5. The second kappa shape index (κ2) is 5.31. The van der Waals surface area contributed by atoms with Crippen LogP contribution in [0.5, 0.6) is 0 Å². The average molecular weight is 300 g/mol. The molecular formula is C15H20N6O. The molecule has 0 aromatic carbocycles. The van der Waals surface area contributed by atoms with E-state index in [0.29, 0.717) is 17.9 Å². The van der Waals surface area contributed by atoms with Gasteiger partial charge in [0, 0.05) is 30.5 Å². The minimum atomic E-state index is -0.0684. The summed E-state index contributed by atoms with van der Waals surface area (Å²) in [7, 11) is 0. The highest BCUT2D eigenvalue weighted by molar-refractivity contribution is 5.91. The van der Waals surface area contributed by atoms with Crippen molar-refractivity contribution >= 4 is 11.7 Å². The fraction of sp³-hybridized carbons (Fsp3) is 0.600. The van der Waals surface area contributed by atoms with Crippen molar-refractivity contribution in [2.45, 2.75) is 44.7 Å². The van der Waals surface area contributed by atoms with Crippen LogP contribution in [0.3, 0.4) is 0 Å². The number of hydrogen-bond donors (Lipinski definition) is 1. The molecule has 0 spiro atoms. The van der Waals surface area contributed by atoms with E-state index in [0.717, 1.165) is 38.0 Å². The quantitative estimate of drug-likeness (QED) is 0.903. The number of rotatable bonds is 4. The molecule has 2 fully saturated rings. The Morgan fingerprint density at radius 3 is 3.00 bits per heavy atom. The van der Waals surface area contributed by atoms with Crippen LogP contribution in [0.2, 0.25) is 0 Å². The summed E-state index contributed by atoms with van der Waals surface area (Å²) in [4.78, 5) is 23.3. The molecule has 1 amide bonds. The Morgan fingerprint density at radius 2 is 2.32 bits per heavy atom. The third-order valence-electron chi connectivity index (χ3n) is 4.45. The summed E-state index contributed by atoms with van der Waals surface area (Å²) in [6.45, 7) is 3.73. The molecule has 3 heterocycles. The standard InChI is InChI=1S/C15H20N6O/c1-10-6-8-17-15-18-13(19-21(10)15)14(22)20(12-4-5-12)9-11-3-2-7-16-11/h6,8,11-12,16H,2-5,7,9H2,1H3. The second-order valence-electron chi connectivity index (χ2n) is 6.22. The van der Waals surface area contributed by atoms with Gasteiger partial charge in [0.25, 0.3) is 11.7 Å². The van der Waals surface area contributed by atoms with Crippen molar-refractivity contribution in [1.29, 1.82) is 0 Å².